The van der Waals surface area contributed by atoms with Crippen molar-refractivity contribution in [3.63, 3.8) is 0 Å². The average molecular weight is 228 g/mol. The molecule has 0 amide bonds. The van der Waals surface area contributed by atoms with Crippen molar-refractivity contribution in [1.82, 2.24) is 14.5 Å². The minimum atomic E-state index is 0.864. The third-order valence-corrected chi connectivity index (χ3v) is 3.34. The second-order valence-electron chi connectivity index (χ2n) is 4.55. The Morgan fingerprint density at radius 2 is 2.29 bits per heavy atom. The highest BCUT2D eigenvalue weighted by Gasteiger charge is 2.16. The molecular formula is C13H16N4. The van der Waals surface area contributed by atoms with E-state index in [1.165, 1.54) is 19.3 Å². The van der Waals surface area contributed by atoms with Crippen molar-refractivity contribution in [2.24, 2.45) is 5.92 Å². The van der Waals surface area contributed by atoms with Crippen LogP contribution in [0.2, 0.25) is 0 Å². The van der Waals surface area contributed by atoms with Gasteiger partial charge in [0.25, 0.3) is 0 Å². The lowest BCUT2D eigenvalue weighted by Gasteiger charge is -2.25. The molecule has 1 saturated carbocycles. The lowest BCUT2D eigenvalue weighted by Crippen LogP contribution is -2.20. The summed E-state index contributed by atoms with van der Waals surface area (Å²) < 4.78 is 1.90. The quantitative estimate of drug-likeness (QED) is 0.874. The molecule has 3 rings (SSSR count). The van der Waals surface area contributed by atoms with Gasteiger partial charge in [-0.05, 0) is 30.9 Å². The second-order valence-corrected chi connectivity index (χ2v) is 4.55. The summed E-state index contributed by atoms with van der Waals surface area (Å²) in [7, 11) is 0. The van der Waals surface area contributed by atoms with Gasteiger partial charge in [0, 0.05) is 18.9 Å². The zero-order chi connectivity index (χ0) is 11.5. The van der Waals surface area contributed by atoms with Gasteiger partial charge in [0.2, 0.25) is 0 Å². The molecule has 1 N–H and O–H groups in total. The van der Waals surface area contributed by atoms with E-state index in [0.717, 1.165) is 24.0 Å². The fourth-order valence-corrected chi connectivity index (χ4v) is 2.00. The summed E-state index contributed by atoms with van der Waals surface area (Å²) in [5, 5.41) is 3.43. The Hall–Kier alpha value is -1.84. The molecule has 88 valence electrons. The number of rotatable bonds is 4. The number of anilines is 1. The van der Waals surface area contributed by atoms with E-state index in [0.29, 0.717) is 0 Å². The van der Waals surface area contributed by atoms with Crippen LogP contribution in [0.4, 0.5) is 5.69 Å². The van der Waals surface area contributed by atoms with Crippen molar-refractivity contribution in [2.75, 3.05) is 11.9 Å². The van der Waals surface area contributed by atoms with Crippen molar-refractivity contribution in [3.05, 3.63) is 37.1 Å². The summed E-state index contributed by atoms with van der Waals surface area (Å²) in [6, 6.07) is 4.08. The van der Waals surface area contributed by atoms with Gasteiger partial charge in [0.05, 0.1) is 11.9 Å². The molecule has 0 atom stereocenters. The molecule has 2 heterocycles. The predicted molar refractivity (Wildman–Crippen MR) is 67.2 cm³/mol. The van der Waals surface area contributed by atoms with Crippen LogP contribution in [-0.4, -0.2) is 21.1 Å². The van der Waals surface area contributed by atoms with Gasteiger partial charge in [-0.3, -0.25) is 4.57 Å². The molecule has 0 aromatic carbocycles. The molecular weight excluding hydrogens is 212 g/mol. The van der Waals surface area contributed by atoms with Crippen LogP contribution in [0.15, 0.2) is 37.1 Å². The Morgan fingerprint density at radius 3 is 2.88 bits per heavy atom. The van der Waals surface area contributed by atoms with Gasteiger partial charge in [-0.15, -0.1) is 0 Å². The van der Waals surface area contributed by atoms with E-state index in [1.54, 1.807) is 12.5 Å². The Kier molecular flexibility index (Phi) is 2.78. The van der Waals surface area contributed by atoms with Crippen LogP contribution in [0.1, 0.15) is 19.3 Å². The van der Waals surface area contributed by atoms with Crippen molar-refractivity contribution >= 4 is 5.69 Å². The van der Waals surface area contributed by atoms with E-state index in [9.17, 15) is 0 Å². The number of imidazole rings is 1. The van der Waals surface area contributed by atoms with Crippen molar-refractivity contribution < 1.29 is 0 Å². The van der Waals surface area contributed by atoms with Crippen LogP contribution in [-0.2, 0) is 0 Å². The van der Waals surface area contributed by atoms with Crippen molar-refractivity contribution in [2.45, 2.75) is 19.3 Å². The molecule has 1 fully saturated rings. The number of hydrogen-bond acceptors (Lipinski definition) is 3. The monoisotopic (exact) mass is 228 g/mol. The minimum Gasteiger partial charge on any atom is -0.384 e. The summed E-state index contributed by atoms with van der Waals surface area (Å²) in [5.41, 5.74) is 1.10. The molecule has 0 aliphatic heterocycles. The number of hydrogen-bond donors (Lipinski definition) is 1. The SMILES string of the molecule is c1cn(-c2ccc(NCC3CCC3)cn2)cn1. The molecule has 1 aliphatic rings. The fourth-order valence-electron chi connectivity index (χ4n) is 2.00. The van der Waals surface area contributed by atoms with E-state index in [4.69, 9.17) is 0 Å². The zero-order valence-corrected chi connectivity index (χ0v) is 9.71. The van der Waals surface area contributed by atoms with Gasteiger partial charge in [-0.2, -0.15) is 0 Å². The van der Waals surface area contributed by atoms with Gasteiger partial charge in [0.1, 0.15) is 12.1 Å². The van der Waals surface area contributed by atoms with Crippen molar-refractivity contribution in [1.29, 1.82) is 0 Å². The van der Waals surface area contributed by atoms with Crippen LogP contribution < -0.4 is 5.32 Å². The Labute approximate surface area is 101 Å². The van der Waals surface area contributed by atoms with Crippen LogP contribution in [0.3, 0.4) is 0 Å². The summed E-state index contributed by atoms with van der Waals surface area (Å²) in [6.45, 7) is 1.08. The third kappa shape index (κ3) is 2.30. The molecule has 0 spiro atoms. The number of pyridine rings is 1. The second kappa shape index (κ2) is 4.57. The zero-order valence-electron chi connectivity index (χ0n) is 9.71. The largest absolute Gasteiger partial charge is 0.384 e. The maximum Gasteiger partial charge on any atom is 0.137 e. The highest BCUT2D eigenvalue weighted by atomic mass is 15.1. The normalized spacial score (nSPS) is 15.5. The van der Waals surface area contributed by atoms with E-state index in [-0.39, 0.29) is 0 Å². The maximum atomic E-state index is 4.40. The Balaban J connectivity index is 1.63. The molecule has 4 nitrogen and oxygen atoms in total. The van der Waals surface area contributed by atoms with Gasteiger partial charge < -0.3 is 5.32 Å². The molecule has 2 aromatic rings. The molecule has 0 radical (unpaired) electrons. The smallest absolute Gasteiger partial charge is 0.137 e. The van der Waals surface area contributed by atoms with Gasteiger partial charge in [0.15, 0.2) is 0 Å². The molecule has 0 bridgehead atoms. The molecule has 4 heteroatoms. The van der Waals surface area contributed by atoms with Crippen LogP contribution in [0.25, 0.3) is 5.82 Å². The molecule has 0 unspecified atom stereocenters. The lowest BCUT2D eigenvalue weighted by atomic mass is 9.85. The highest BCUT2D eigenvalue weighted by molar-refractivity contribution is 5.43. The summed E-state index contributed by atoms with van der Waals surface area (Å²) in [5.74, 6) is 1.76. The van der Waals surface area contributed by atoms with Gasteiger partial charge in [-0.1, -0.05) is 6.42 Å². The minimum absolute atomic E-state index is 0.864. The van der Waals surface area contributed by atoms with Crippen LogP contribution in [0, 0.1) is 5.92 Å². The lowest BCUT2D eigenvalue weighted by molar-refractivity contribution is 0.333. The number of aromatic nitrogens is 3. The molecule has 2 aromatic heterocycles. The highest BCUT2D eigenvalue weighted by Crippen LogP contribution is 2.26. The van der Waals surface area contributed by atoms with Crippen LogP contribution >= 0.6 is 0 Å². The first-order valence-corrected chi connectivity index (χ1v) is 6.10. The molecule has 0 saturated heterocycles. The number of nitrogens with zero attached hydrogens (tertiary/aromatic N) is 3. The number of nitrogens with one attached hydrogen (secondary N) is 1. The van der Waals surface area contributed by atoms with Crippen LogP contribution in [0.5, 0.6) is 0 Å². The van der Waals surface area contributed by atoms with Gasteiger partial charge in [-0.25, -0.2) is 9.97 Å². The average Bonchev–Trinajstić information content (AvgIpc) is 2.81. The first-order valence-electron chi connectivity index (χ1n) is 6.10. The van der Waals surface area contributed by atoms with E-state index in [2.05, 4.69) is 21.4 Å². The maximum absolute atomic E-state index is 4.40. The fraction of sp³-hybridized carbons (Fsp3) is 0.385. The summed E-state index contributed by atoms with van der Waals surface area (Å²) in [6.07, 6.45) is 11.4. The molecule has 17 heavy (non-hydrogen) atoms. The van der Waals surface area contributed by atoms with E-state index < -0.39 is 0 Å². The topological polar surface area (TPSA) is 42.7 Å². The predicted octanol–water partition coefficient (Wildman–Crippen LogP) is 2.48. The first kappa shape index (κ1) is 10.3. The Morgan fingerprint density at radius 1 is 1.35 bits per heavy atom. The van der Waals surface area contributed by atoms with E-state index in [1.807, 2.05) is 23.0 Å². The standard InChI is InChI=1S/C13H16N4/c1-2-11(3-1)8-15-12-4-5-13(16-9-12)17-7-6-14-10-17/h4-7,9-11,15H,1-3,8H2. The summed E-state index contributed by atoms with van der Waals surface area (Å²) >= 11 is 0. The van der Waals surface area contributed by atoms with Crippen molar-refractivity contribution in [3.8, 4) is 5.82 Å². The third-order valence-electron chi connectivity index (χ3n) is 3.34. The molecule has 1 aliphatic carbocycles. The summed E-state index contributed by atoms with van der Waals surface area (Å²) in [4.78, 5) is 8.41. The van der Waals surface area contributed by atoms with E-state index >= 15 is 0 Å². The Bertz CT molecular complexity index is 457. The van der Waals surface area contributed by atoms with Gasteiger partial charge >= 0.3 is 0 Å². The first-order chi connectivity index (χ1) is 8.42.